The van der Waals surface area contributed by atoms with E-state index in [0.717, 1.165) is 33.5 Å². The van der Waals surface area contributed by atoms with Crippen molar-refractivity contribution in [2.24, 2.45) is 0 Å². The molecule has 1 N–H and O–H groups in total. The second kappa shape index (κ2) is 8.10. The maximum absolute atomic E-state index is 12.3. The van der Waals surface area contributed by atoms with Crippen molar-refractivity contribution in [1.82, 2.24) is 25.3 Å². The number of amides is 1. The van der Waals surface area contributed by atoms with Gasteiger partial charge in [0.1, 0.15) is 17.8 Å². The lowest BCUT2D eigenvalue weighted by atomic mass is 10.1. The number of benzene rings is 2. The van der Waals surface area contributed by atoms with E-state index < -0.39 is 0 Å². The monoisotopic (exact) mass is 387 g/mol. The molecule has 0 radical (unpaired) electrons. The number of hydrogen-bond acceptors (Lipinski definition) is 5. The van der Waals surface area contributed by atoms with E-state index >= 15 is 0 Å². The number of pyridine rings is 1. The first-order valence-corrected chi connectivity index (χ1v) is 9.33. The van der Waals surface area contributed by atoms with E-state index in [1.54, 1.807) is 16.9 Å². The van der Waals surface area contributed by atoms with Gasteiger partial charge in [0.05, 0.1) is 5.52 Å². The van der Waals surface area contributed by atoms with Crippen molar-refractivity contribution in [1.29, 1.82) is 0 Å². The molecule has 0 unspecified atom stereocenters. The van der Waals surface area contributed by atoms with Crippen LogP contribution in [-0.4, -0.2) is 25.9 Å². The van der Waals surface area contributed by atoms with Gasteiger partial charge in [-0.2, -0.15) is 0 Å². The quantitative estimate of drug-likeness (QED) is 0.547. The summed E-state index contributed by atoms with van der Waals surface area (Å²) in [5.41, 5.74) is 4.66. The highest BCUT2D eigenvalue weighted by Gasteiger charge is 2.09. The van der Waals surface area contributed by atoms with Gasteiger partial charge in [-0.25, -0.2) is 9.67 Å². The van der Waals surface area contributed by atoms with Crippen LogP contribution in [0.3, 0.4) is 0 Å². The van der Waals surface area contributed by atoms with Gasteiger partial charge < -0.3 is 10.1 Å². The molecule has 2 aromatic carbocycles. The summed E-state index contributed by atoms with van der Waals surface area (Å²) < 4.78 is 7.45. The van der Waals surface area contributed by atoms with Crippen LogP contribution in [0.5, 0.6) is 11.6 Å². The van der Waals surface area contributed by atoms with Crippen molar-refractivity contribution in [3.05, 3.63) is 77.5 Å². The molecule has 4 aromatic rings. The number of rotatable bonds is 6. The summed E-state index contributed by atoms with van der Waals surface area (Å²) in [5.74, 6) is 1.16. The molecular formula is C22H21N5O2. The Hall–Kier alpha value is -3.74. The van der Waals surface area contributed by atoms with Crippen molar-refractivity contribution in [3.63, 3.8) is 0 Å². The molecule has 2 heterocycles. The van der Waals surface area contributed by atoms with Crippen LogP contribution in [0.15, 0.2) is 60.8 Å². The molecule has 4 rings (SSSR count). The van der Waals surface area contributed by atoms with E-state index in [9.17, 15) is 4.79 Å². The third-order valence-corrected chi connectivity index (χ3v) is 4.56. The lowest BCUT2D eigenvalue weighted by Gasteiger charge is -2.10. The first-order chi connectivity index (χ1) is 14.1. The molecular weight excluding hydrogens is 366 g/mol. The predicted octanol–water partition coefficient (Wildman–Crippen LogP) is 3.55. The lowest BCUT2D eigenvalue weighted by molar-refractivity contribution is -0.121. The molecule has 7 heteroatoms. The molecule has 0 fully saturated rings. The normalized spacial score (nSPS) is 10.8. The van der Waals surface area contributed by atoms with Crippen molar-refractivity contribution in [3.8, 4) is 11.6 Å². The molecule has 146 valence electrons. The van der Waals surface area contributed by atoms with E-state index in [2.05, 4.69) is 20.6 Å². The summed E-state index contributed by atoms with van der Waals surface area (Å²) in [6, 6.07) is 17.3. The number of carbonyl (C=O) groups excluding carboxylic acids is 1. The van der Waals surface area contributed by atoms with Gasteiger partial charge in [-0.15, -0.1) is 5.10 Å². The zero-order chi connectivity index (χ0) is 20.2. The van der Waals surface area contributed by atoms with E-state index in [0.29, 0.717) is 12.4 Å². The van der Waals surface area contributed by atoms with Crippen LogP contribution in [-0.2, 0) is 17.9 Å². The second-order valence-corrected chi connectivity index (χ2v) is 6.89. The average molecular weight is 387 g/mol. The van der Waals surface area contributed by atoms with Gasteiger partial charge in [0.25, 0.3) is 0 Å². The predicted molar refractivity (Wildman–Crippen MR) is 110 cm³/mol. The van der Waals surface area contributed by atoms with Crippen molar-refractivity contribution in [2.75, 3.05) is 0 Å². The van der Waals surface area contributed by atoms with Gasteiger partial charge in [-0.05, 0) is 48.7 Å². The third-order valence-electron chi connectivity index (χ3n) is 4.56. The first kappa shape index (κ1) is 18.6. The zero-order valence-electron chi connectivity index (χ0n) is 16.3. The van der Waals surface area contributed by atoms with Gasteiger partial charge in [0, 0.05) is 18.8 Å². The summed E-state index contributed by atoms with van der Waals surface area (Å²) in [4.78, 5) is 16.6. The molecule has 2 aromatic heterocycles. The number of fused-ring (bicyclic) bond motifs is 1. The topological polar surface area (TPSA) is 81.9 Å². The summed E-state index contributed by atoms with van der Waals surface area (Å²) in [6.07, 6.45) is 1.70. The van der Waals surface area contributed by atoms with Crippen LogP contribution < -0.4 is 10.1 Å². The number of hydrogen-bond donors (Lipinski definition) is 1. The Balaban J connectivity index is 1.34. The van der Waals surface area contributed by atoms with Crippen molar-refractivity contribution < 1.29 is 9.53 Å². The number of aryl methyl sites for hydroxylation is 2. The van der Waals surface area contributed by atoms with Crippen LogP contribution >= 0.6 is 0 Å². The fraction of sp³-hybridized carbons (Fsp3) is 0.182. The number of ether oxygens (including phenoxy) is 1. The number of carbonyl (C=O) groups is 1. The molecule has 29 heavy (non-hydrogen) atoms. The van der Waals surface area contributed by atoms with Gasteiger partial charge >= 0.3 is 0 Å². The SMILES string of the molecule is Cc1ccc(C)c(Oc2ccc(CNC(=O)Cn3nnc4ccccc43)cn2)c1. The Morgan fingerprint density at radius 3 is 2.79 bits per heavy atom. The molecule has 0 aliphatic heterocycles. The number of nitrogens with one attached hydrogen (secondary N) is 1. The average Bonchev–Trinajstić information content (AvgIpc) is 3.13. The Bertz CT molecular complexity index is 1150. The summed E-state index contributed by atoms with van der Waals surface area (Å²) >= 11 is 0. The molecule has 0 aliphatic rings. The van der Waals surface area contributed by atoms with Gasteiger partial charge in [0.15, 0.2) is 0 Å². The molecule has 0 atom stereocenters. The number of para-hydroxylation sites is 1. The highest BCUT2D eigenvalue weighted by atomic mass is 16.5. The summed E-state index contributed by atoms with van der Waals surface area (Å²) in [7, 11) is 0. The number of aromatic nitrogens is 4. The van der Waals surface area contributed by atoms with Crippen LogP contribution in [0.4, 0.5) is 0 Å². The van der Waals surface area contributed by atoms with E-state index in [1.165, 1.54) is 0 Å². The van der Waals surface area contributed by atoms with E-state index in [1.807, 2.05) is 62.4 Å². The minimum absolute atomic E-state index is 0.113. The summed E-state index contributed by atoms with van der Waals surface area (Å²) in [5, 5.41) is 11.0. The molecule has 7 nitrogen and oxygen atoms in total. The Kier molecular flexibility index (Phi) is 5.20. The third kappa shape index (κ3) is 4.40. The van der Waals surface area contributed by atoms with Crippen LogP contribution in [0.25, 0.3) is 11.0 Å². The molecule has 0 saturated carbocycles. The maximum Gasteiger partial charge on any atom is 0.242 e. The summed E-state index contributed by atoms with van der Waals surface area (Å²) in [6.45, 7) is 4.51. The highest BCUT2D eigenvalue weighted by Crippen LogP contribution is 2.24. The fourth-order valence-electron chi connectivity index (χ4n) is 2.93. The molecule has 0 aliphatic carbocycles. The maximum atomic E-state index is 12.3. The van der Waals surface area contributed by atoms with Crippen LogP contribution in [0.1, 0.15) is 16.7 Å². The Morgan fingerprint density at radius 1 is 1.10 bits per heavy atom. The minimum atomic E-state index is -0.142. The first-order valence-electron chi connectivity index (χ1n) is 9.33. The molecule has 1 amide bonds. The minimum Gasteiger partial charge on any atom is -0.439 e. The van der Waals surface area contributed by atoms with Gasteiger partial charge in [-0.1, -0.05) is 35.5 Å². The molecule has 0 bridgehead atoms. The Morgan fingerprint density at radius 2 is 1.97 bits per heavy atom. The number of nitrogens with zero attached hydrogens (tertiary/aromatic N) is 4. The van der Waals surface area contributed by atoms with Crippen molar-refractivity contribution >= 4 is 16.9 Å². The van der Waals surface area contributed by atoms with Crippen LogP contribution in [0.2, 0.25) is 0 Å². The second-order valence-electron chi connectivity index (χ2n) is 6.89. The van der Waals surface area contributed by atoms with Crippen LogP contribution in [0, 0.1) is 13.8 Å². The smallest absolute Gasteiger partial charge is 0.242 e. The zero-order valence-corrected chi connectivity index (χ0v) is 16.3. The highest BCUT2D eigenvalue weighted by molar-refractivity contribution is 5.79. The molecule has 0 spiro atoms. The van der Waals surface area contributed by atoms with Crippen molar-refractivity contribution in [2.45, 2.75) is 26.9 Å². The van der Waals surface area contributed by atoms with E-state index in [4.69, 9.17) is 4.74 Å². The Labute approximate surface area is 168 Å². The fourth-order valence-corrected chi connectivity index (χ4v) is 2.93. The van der Waals surface area contributed by atoms with E-state index in [-0.39, 0.29) is 12.5 Å². The van der Waals surface area contributed by atoms with Gasteiger partial charge in [0.2, 0.25) is 11.8 Å². The largest absolute Gasteiger partial charge is 0.439 e. The molecule has 0 saturated heterocycles. The van der Waals surface area contributed by atoms with Gasteiger partial charge in [-0.3, -0.25) is 4.79 Å². The standard InChI is InChI=1S/C22H21N5O2/c1-15-7-8-16(2)20(11-15)29-22-10-9-17(13-24-22)12-23-21(28)14-27-19-6-4-3-5-18(19)25-26-27/h3-11,13H,12,14H2,1-2H3,(H,23,28). The lowest BCUT2D eigenvalue weighted by Crippen LogP contribution is -2.27.